The molecule has 0 atom stereocenters. The predicted octanol–water partition coefficient (Wildman–Crippen LogP) is 5.68. The average Bonchev–Trinajstić information content (AvgIpc) is 2.66. The SMILES string of the molecule is CCN=C(NC(=O)OC(C)(C)C)Nc1cccc(C2(NC(=O)OC(C)(C)C)CCCCC2)c1. The van der Waals surface area contributed by atoms with Crippen molar-refractivity contribution in [3.63, 3.8) is 0 Å². The van der Waals surface area contributed by atoms with Gasteiger partial charge in [-0.1, -0.05) is 31.4 Å². The van der Waals surface area contributed by atoms with Gasteiger partial charge < -0.3 is 20.1 Å². The first-order valence-corrected chi connectivity index (χ1v) is 11.8. The molecule has 0 bridgehead atoms. The summed E-state index contributed by atoms with van der Waals surface area (Å²) in [4.78, 5) is 29.2. The maximum Gasteiger partial charge on any atom is 0.414 e. The lowest BCUT2D eigenvalue weighted by Crippen LogP contribution is -2.49. The highest BCUT2D eigenvalue weighted by atomic mass is 16.6. The fourth-order valence-electron chi connectivity index (χ4n) is 3.84. The van der Waals surface area contributed by atoms with Crippen LogP contribution in [0.1, 0.15) is 86.1 Å². The second-order valence-electron chi connectivity index (χ2n) is 10.4. The van der Waals surface area contributed by atoms with Gasteiger partial charge in [-0.25, -0.2) is 9.59 Å². The van der Waals surface area contributed by atoms with Crippen LogP contribution in [0.15, 0.2) is 29.3 Å². The largest absolute Gasteiger partial charge is 0.444 e. The van der Waals surface area contributed by atoms with Crippen molar-refractivity contribution >= 4 is 23.8 Å². The number of carbonyl (C=O) groups excluding carboxylic acids is 2. The molecule has 0 unspecified atom stereocenters. The molecule has 0 saturated heterocycles. The molecule has 8 nitrogen and oxygen atoms in total. The molecule has 0 aromatic heterocycles. The van der Waals surface area contributed by atoms with Gasteiger partial charge in [0.05, 0.1) is 5.54 Å². The van der Waals surface area contributed by atoms with Gasteiger partial charge in [0.2, 0.25) is 5.96 Å². The van der Waals surface area contributed by atoms with Gasteiger partial charge in [-0.3, -0.25) is 10.3 Å². The van der Waals surface area contributed by atoms with E-state index in [4.69, 9.17) is 9.47 Å². The first kappa shape index (κ1) is 26.5. The van der Waals surface area contributed by atoms with Crippen molar-refractivity contribution in [3.05, 3.63) is 29.8 Å². The van der Waals surface area contributed by atoms with E-state index in [9.17, 15) is 9.59 Å². The summed E-state index contributed by atoms with van der Waals surface area (Å²) in [6, 6.07) is 7.84. The van der Waals surface area contributed by atoms with Crippen LogP contribution >= 0.6 is 0 Å². The van der Waals surface area contributed by atoms with E-state index < -0.39 is 28.9 Å². The van der Waals surface area contributed by atoms with Crippen LogP contribution in [0, 0.1) is 0 Å². The van der Waals surface area contributed by atoms with Crippen molar-refractivity contribution in [2.24, 2.45) is 4.99 Å². The maximum absolute atomic E-state index is 12.7. The van der Waals surface area contributed by atoms with Crippen LogP contribution in [0.25, 0.3) is 0 Å². The van der Waals surface area contributed by atoms with Gasteiger partial charge in [-0.2, -0.15) is 0 Å². The summed E-state index contributed by atoms with van der Waals surface area (Å²) >= 11 is 0. The minimum absolute atomic E-state index is 0.307. The zero-order valence-electron chi connectivity index (χ0n) is 21.1. The molecule has 0 heterocycles. The van der Waals surface area contributed by atoms with Gasteiger partial charge in [0, 0.05) is 12.2 Å². The number of guanidine groups is 1. The van der Waals surface area contributed by atoms with E-state index in [-0.39, 0.29) is 0 Å². The molecule has 1 fully saturated rings. The van der Waals surface area contributed by atoms with Crippen molar-refractivity contribution in [1.29, 1.82) is 0 Å². The molecule has 8 heteroatoms. The summed E-state index contributed by atoms with van der Waals surface area (Å²) in [7, 11) is 0. The fourth-order valence-corrected chi connectivity index (χ4v) is 3.84. The predicted molar refractivity (Wildman–Crippen MR) is 132 cm³/mol. The molecule has 2 amide bonds. The molecule has 3 N–H and O–H groups in total. The Hall–Kier alpha value is -2.77. The Morgan fingerprint density at radius 2 is 1.58 bits per heavy atom. The maximum atomic E-state index is 12.7. The molecule has 0 aliphatic heterocycles. The number of aliphatic imine (C=N–C) groups is 1. The van der Waals surface area contributed by atoms with Crippen molar-refractivity contribution in [1.82, 2.24) is 10.6 Å². The smallest absolute Gasteiger partial charge is 0.414 e. The van der Waals surface area contributed by atoms with E-state index in [1.54, 1.807) is 20.8 Å². The molecule has 1 aliphatic carbocycles. The first-order valence-electron chi connectivity index (χ1n) is 11.8. The monoisotopic (exact) mass is 460 g/mol. The lowest BCUT2D eigenvalue weighted by atomic mass is 9.76. The number of carbonyl (C=O) groups is 2. The minimum atomic E-state index is -0.609. The highest BCUT2D eigenvalue weighted by Crippen LogP contribution is 2.38. The van der Waals surface area contributed by atoms with Crippen LogP contribution < -0.4 is 16.0 Å². The summed E-state index contributed by atoms with van der Waals surface area (Å²) < 4.78 is 10.9. The molecular formula is C25H40N4O4. The number of benzene rings is 1. The summed E-state index contributed by atoms with van der Waals surface area (Å²) in [5.41, 5.74) is 0.0706. The third-order valence-corrected chi connectivity index (χ3v) is 5.06. The number of alkyl carbamates (subject to hydrolysis) is 2. The number of hydrogen-bond donors (Lipinski definition) is 3. The van der Waals surface area contributed by atoms with Gasteiger partial charge in [0.1, 0.15) is 11.2 Å². The second-order valence-corrected chi connectivity index (χ2v) is 10.4. The zero-order valence-corrected chi connectivity index (χ0v) is 21.1. The molecule has 2 rings (SSSR count). The van der Waals surface area contributed by atoms with E-state index in [0.717, 1.165) is 43.4 Å². The van der Waals surface area contributed by atoms with Crippen LogP contribution in [0.3, 0.4) is 0 Å². The number of ether oxygens (including phenoxy) is 2. The van der Waals surface area contributed by atoms with E-state index >= 15 is 0 Å². The molecule has 1 saturated carbocycles. The molecule has 1 aliphatic rings. The van der Waals surface area contributed by atoms with Crippen molar-refractivity contribution in [2.75, 3.05) is 11.9 Å². The van der Waals surface area contributed by atoms with Gasteiger partial charge in [0.15, 0.2) is 0 Å². The van der Waals surface area contributed by atoms with Gasteiger partial charge in [0.25, 0.3) is 0 Å². The van der Waals surface area contributed by atoms with Crippen molar-refractivity contribution in [2.45, 2.75) is 97.3 Å². The van der Waals surface area contributed by atoms with Crippen molar-refractivity contribution < 1.29 is 19.1 Å². The lowest BCUT2D eigenvalue weighted by Gasteiger charge is -2.39. The van der Waals surface area contributed by atoms with Gasteiger partial charge in [-0.15, -0.1) is 0 Å². The Labute approximate surface area is 197 Å². The normalized spacial score (nSPS) is 16.5. The van der Waals surface area contributed by atoms with E-state index in [2.05, 4.69) is 20.9 Å². The number of amides is 2. The van der Waals surface area contributed by atoms with Gasteiger partial charge in [-0.05, 0) is 79.0 Å². The quantitative estimate of drug-likeness (QED) is 0.396. The summed E-state index contributed by atoms with van der Waals surface area (Å²) in [5, 5.41) is 9.02. The van der Waals surface area contributed by atoms with Crippen LogP contribution in [0.2, 0.25) is 0 Å². The van der Waals surface area contributed by atoms with Crippen LogP contribution in [-0.4, -0.2) is 35.9 Å². The summed E-state index contributed by atoms with van der Waals surface area (Å²) in [5.74, 6) is 0.307. The highest BCUT2D eigenvalue weighted by molar-refractivity contribution is 6.02. The molecule has 0 radical (unpaired) electrons. The Kier molecular flexibility index (Phi) is 8.75. The average molecular weight is 461 g/mol. The number of hydrogen-bond acceptors (Lipinski definition) is 5. The third-order valence-electron chi connectivity index (χ3n) is 5.06. The Morgan fingerprint density at radius 3 is 2.15 bits per heavy atom. The minimum Gasteiger partial charge on any atom is -0.444 e. The molecule has 0 spiro atoms. The molecule has 184 valence electrons. The Bertz CT molecular complexity index is 847. The second kappa shape index (κ2) is 10.9. The molecular weight excluding hydrogens is 420 g/mol. The Balaban J connectivity index is 2.24. The number of anilines is 1. The van der Waals surface area contributed by atoms with E-state index in [0.29, 0.717) is 12.5 Å². The number of nitrogens with zero attached hydrogens (tertiary/aromatic N) is 1. The summed E-state index contributed by atoms with van der Waals surface area (Å²) in [6.07, 6.45) is 3.87. The Morgan fingerprint density at radius 1 is 0.970 bits per heavy atom. The zero-order chi connectivity index (χ0) is 24.7. The van der Waals surface area contributed by atoms with Gasteiger partial charge >= 0.3 is 12.2 Å². The third kappa shape index (κ3) is 8.94. The fraction of sp³-hybridized carbons (Fsp3) is 0.640. The first-order chi connectivity index (χ1) is 15.3. The van der Waals surface area contributed by atoms with Crippen LogP contribution in [-0.2, 0) is 15.0 Å². The molecule has 33 heavy (non-hydrogen) atoms. The van der Waals surface area contributed by atoms with Crippen LogP contribution in [0.5, 0.6) is 0 Å². The molecule has 1 aromatic carbocycles. The van der Waals surface area contributed by atoms with E-state index in [1.165, 1.54) is 0 Å². The van der Waals surface area contributed by atoms with Crippen molar-refractivity contribution in [3.8, 4) is 0 Å². The van der Waals surface area contributed by atoms with Crippen LogP contribution in [0.4, 0.5) is 15.3 Å². The standard InChI is InChI=1S/C25H40N4O4/c1-8-26-20(28-21(30)32-23(2,3)4)27-19-14-12-13-18(17-19)25(15-10-9-11-16-25)29-22(31)33-24(5,6)7/h12-14,17H,8-11,15-16H2,1-7H3,(H,29,31)(H2,26,27,28,30). The number of rotatable bonds is 4. The highest BCUT2D eigenvalue weighted by Gasteiger charge is 2.37. The molecule has 1 aromatic rings. The van der Waals surface area contributed by atoms with E-state index in [1.807, 2.05) is 52.0 Å². The lowest BCUT2D eigenvalue weighted by molar-refractivity contribution is 0.0419. The summed E-state index contributed by atoms with van der Waals surface area (Å²) in [6.45, 7) is 13.4. The topological polar surface area (TPSA) is 101 Å². The number of nitrogens with one attached hydrogen (secondary N) is 3.